The van der Waals surface area contributed by atoms with Crippen LogP contribution in [0, 0.1) is 6.92 Å². The summed E-state index contributed by atoms with van der Waals surface area (Å²) < 4.78 is 15.9. The first-order valence-corrected chi connectivity index (χ1v) is 10.4. The van der Waals surface area contributed by atoms with Crippen molar-refractivity contribution in [3.63, 3.8) is 0 Å². The summed E-state index contributed by atoms with van der Waals surface area (Å²) in [4.78, 5) is 37.9. The van der Waals surface area contributed by atoms with Crippen molar-refractivity contribution in [2.75, 3.05) is 11.9 Å². The molecule has 7 nitrogen and oxygen atoms in total. The highest BCUT2D eigenvalue weighted by atomic mass is 35.5. The van der Waals surface area contributed by atoms with E-state index < -0.39 is 17.8 Å². The lowest BCUT2D eigenvalue weighted by atomic mass is 10.1. The third kappa shape index (κ3) is 4.49. The molecule has 3 aromatic rings. The van der Waals surface area contributed by atoms with Gasteiger partial charge in [-0.2, -0.15) is 0 Å². The van der Waals surface area contributed by atoms with Crippen molar-refractivity contribution in [1.82, 2.24) is 0 Å². The van der Waals surface area contributed by atoms with E-state index in [2.05, 4.69) is 5.32 Å². The molecule has 30 heavy (non-hydrogen) atoms. The fourth-order valence-corrected chi connectivity index (χ4v) is 4.06. The number of hydrogen-bond acceptors (Lipinski definition) is 7. The monoisotopic (exact) mass is 449 g/mol. The highest BCUT2D eigenvalue weighted by Crippen LogP contribution is 2.35. The molecular formula is C21H20ClNO6S. The number of thiophene rings is 1. The first kappa shape index (κ1) is 21.9. The van der Waals surface area contributed by atoms with E-state index in [4.69, 9.17) is 25.5 Å². The van der Waals surface area contributed by atoms with Gasteiger partial charge in [0.1, 0.15) is 15.5 Å². The lowest BCUT2D eigenvalue weighted by molar-refractivity contribution is 0.0383. The molecule has 0 aliphatic rings. The highest BCUT2D eigenvalue weighted by Gasteiger charge is 2.28. The average Bonchev–Trinajstić information content (AvgIpc) is 3.22. The van der Waals surface area contributed by atoms with Crippen LogP contribution in [0.1, 0.15) is 56.9 Å². The van der Waals surface area contributed by atoms with Gasteiger partial charge in [0, 0.05) is 10.4 Å². The second-order valence-corrected chi connectivity index (χ2v) is 8.14. The van der Waals surface area contributed by atoms with E-state index in [1.54, 1.807) is 52.0 Å². The Hall–Kier alpha value is -2.84. The normalized spacial score (nSPS) is 11.0. The van der Waals surface area contributed by atoms with E-state index in [0.29, 0.717) is 21.6 Å². The van der Waals surface area contributed by atoms with Crippen molar-refractivity contribution in [2.24, 2.45) is 0 Å². The van der Waals surface area contributed by atoms with Gasteiger partial charge in [0.2, 0.25) is 0 Å². The molecule has 1 aromatic carbocycles. The van der Waals surface area contributed by atoms with Gasteiger partial charge in [-0.05, 0) is 57.5 Å². The van der Waals surface area contributed by atoms with E-state index in [1.807, 2.05) is 0 Å². The number of esters is 2. The van der Waals surface area contributed by atoms with Crippen LogP contribution >= 0.6 is 22.9 Å². The summed E-state index contributed by atoms with van der Waals surface area (Å²) in [5, 5.41) is 4.02. The smallest absolute Gasteiger partial charge is 0.348 e. The van der Waals surface area contributed by atoms with Crippen molar-refractivity contribution in [3.05, 3.63) is 51.1 Å². The minimum atomic E-state index is -0.637. The Morgan fingerprint density at radius 2 is 1.93 bits per heavy atom. The predicted octanol–water partition coefficient (Wildman–Crippen LogP) is 5.45. The highest BCUT2D eigenvalue weighted by molar-refractivity contribution is 7.18. The second-order valence-electron chi connectivity index (χ2n) is 6.68. The third-order valence-corrected chi connectivity index (χ3v) is 5.51. The van der Waals surface area contributed by atoms with Gasteiger partial charge in [-0.25, -0.2) is 9.59 Å². The van der Waals surface area contributed by atoms with Crippen molar-refractivity contribution in [1.29, 1.82) is 0 Å². The Morgan fingerprint density at radius 1 is 1.20 bits per heavy atom. The van der Waals surface area contributed by atoms with E-state index in [-0.39, 0.29) is 33.9 Å². The van der Waals surface area contributed by atoms with E-state index >= 15 is 0 Å². The number of halogens is 1. The number of nitrogens with one attached hydrogen (secondary N) is 1. The minimum absolute atomic E-state index is 0.0411. The summed E-state index contributed by atoms with van der Waals surface area (Å²) in [5.41, 5.74) is 1.000. The van der Waals surface area contributed by atoms with Gasteiger partial charge in [-0.15, -0.1) is 11.3 Å². The van der Waals surface area contributed by atoms with Gasteiger partial charge >= 0.3 is 11.9 Å². The lowest BCUT2D eigenvalue weighted by Gasteiger charge is -2.07. The Balaban J connectivity index is 1.97. The van der Waals surface area contributed by atoms with Gasteiger partial charge in [0.05, 0.1) is 18.3 Å². The molecule has 0 unspecified atom stereocenters. The summed E-state index contributed by atoms with van der Waals surface area (Å²) in [7, 11) is 0. The van der Waals surface area contributed by atoms with Crippen molar-refractivity contribution >= 4 is 56.8 Å². The van der Waals surface area contributed by atoms with Gasteiger partial charge < -0.3 is 19.2 Å². The molecule has 0 atom stereocenters. The van der Waals surface area contributed by atoms with Gasteiger partial charge in [0.25, 0.3) is 5.91 Å². The quantitative estimate of drug-likeness (QED) is 0.503. The van der Waals surface area contributed by atoms with Crippen LogP contribution in [0.5, 0.6) is 0 Å². The van der Waals surface area contributed by atoms with Crippen molar-refractivity contribution < 1.29 is 28.3 Å². The van der Waals surface area contributed by atoms with Crippen LogP contribution in [0.2, 0.25) is 5.02 Å². The summed E-state index contributed by atoms with van der Waals surface area (Å²) >= 11 is 6.93. The SMILES string of the molecule is CCOC(=O)c1c(NC(=O)c2cc3cc(Cl)ccc3o2)sc(C(=O)OC(C)C)c1C. The molecule has 0 saturated heterocycles. The molecule has 9 heteroatoms. The maximum Gasteiger partial charge on any atom is 0.348 e. The topological polar surface area (TPSA) is 94.8 Å². The molecule has 3 rings (SSSR count). The number of benzene rings is 1. The number of carbonyl (C=O) groups excluding carboxylic acids is 3. The Bertz CT molecular complexity index is 1130. The molecule has 1 N–H and O–H groups in total. The molecule has 0 bridgehead atoms. The Kier molecular flexibility index (Phi) is 6.48. The van der Waals surface area contributed by atoms with Crippen LogP contribution in [0.15, 0.2) is 28.7 Å². The fraction of sp³-hybridized carbons (Fsp3) is 0.286. The number of ether oxygens (including phenoxy) is 2. The molecular weight excluding hydrogens is 430 g/mol. The van der Waals surface area contributed by atoms with Gasteiger partial charge in [-0.1, -0.05) is 11.6 Å². The van der Waals surface area contributed by atoms with Crippen LogP contribution < -0.4 is 5.32 Å². The zero-order valence-electron chi connectivity index (χ0n) is 16.8. The number of furan rings is 1. The molecule has 2 heterocycles. The van der Waals surface area contributed by atoms with E-state index in [1.165, 1.54) is 0 Å². The lowest BCUT2D eigenvalue weighted by Crippen LogP contribution is -2.14. The average molecular weight is 450 g/mol. The van der Waals surface area contributed by atoms with Crippen LogP contribution in [0.3, 0.4) is 0 Å². The number of amides is 1. The van der Waals surface area contributed by atoms with E-state index in [0.717, 1.165) is 11.3 Å². The number of rotatable bonds is 6. The van der Waals surface area contributed by atoms with Crippen LogP contribution in [0.25, 0.3) is 11.0 Å². The number of anilines is 1. The molecule has 1 amide bonds. The van der Waals surface area contributed by atoms with Gasteiger partial charge in [-0.3, -0.25) is 4.79 Å². The third-order valence-electron chi connectivity index (χ3n) is 4.08. The zero-order chi connectivity index (χ0) is 22.0. The number of fused-ring (bicyclic) bond motifs is 1. The molecule has 158 valence electrons. The largest absolute Gasteiger partial charge is 0.462 e. The van der Waals surface area contributed by atoms with Crippen LogP contribution in [-0.4, -0.2) is 30.6 Å². The zero-order valence-corrected chi connectivity index (χ0v) is 18.4. The molecule has 2 aromatic heterocycles. The standard InChI is InChI=1S/C21H20ClNO6S/c1-5-27-20(25)16-11(4)17(21(26)28-10(2)3)30-19(16)23-18(24)15-9-12-8-13(22)6-7-14(12)29-15/h6-10H,5H2,1-4H3,(H,23,24). The van der Waals surface area contributed by atoms with Gasteiger partial charge in [0.15, 0.2) is 5.76 Å². The minimum Gasteiger partial charge on any atom is -0.462 e. The van der Waals surface area contributed by atoms with Crippen molar-refractivity contribution in [2.45, 2.75) is 33.8 Å². The molecule has 0 saturated carbocycles. The van der Waals surface area contributed by atoms with Crippen LogP contribution in [0.4, 0.5) is 5.00 Å². The molecule has 0 radical (unpaired) electrons. The second kappa shape index (κ2) is 8.89. The first-order chi connectivity index (χ1) is 14.2. The number of carbonyl (C=O) groups is 3. The molecule has 0 aliphatic heterocycles. The Labute approximate surface area is 181 Å². The molecule has 0 spiro atoms. The fourth-order valence-electron chi connectivity index (χ4n) is 2.80. The van der Waals surface area contributed by atoms with E-state index in [9.17, 15) is 14.4 Å². The molecule has 0 fully saturated rings. The summed E-state index contributed by atoms with van der Waals surface area (Å²) in [6.45, 7) is 6.88. The maximum absolute atomic E-state index is 12.8. The predicted molar refractivity (Wildman–Crippen MR) is 115 cm³/mol. The Morgan fingerprint density at radius 3 is 2.60 bits per heavy atom. The summed E-state index contributed by atoms with van der Waals surface area (Å²) in [6, 6.07) is 6.54. The summed E-state index contributed by atoms with van der Waals surface area (Å²) in [5.74, 6) is -1.74. The maximum atomic E-state index is 12.8. The first-order valence-electron chi connectivity index (χ1n) is 9.23. The summed E-state index contributed by atoms with van der Waals surface area (Å²) in [6.07, 6.45) is -0.328. The molecule has 0 aliphatic carbocycles. The van der Waals surface area contributed by atoms with Crippen LogP contribution in [-0.2, 0) is 9.47 Å². The van der Waals surface area contributed by atoms with Crippen molar-refractivity contribution in [3.8, 4) is 0 Å². The number of hydrogen-bond donors (Lipinski definition) is 1.